The summed E-state index contributed by atoms with van der Waals surface area (Å²) in [7, 11) is 0. The lowest BCUT2D eigenvalue weighted by molar-refractivity contribution is 0.642. The Hall–Kier alpha value is -4.80. The zero-order valence-electron chi connectivity index (χ0n) is 22.9. The van der Waals surface area contributed by atoms with Gasteiger partial charge in [0.05, 0.1) is 5.69 Å². The molecule has 3 aromatic heterocycles. The predicted octanol–water partition coefficient (Wildman–Crippen LogP) is 10.5. The van der Waals surface area contributed by atoms with Crippen molar-refractivity contribution in [1.29, 1.82) is 0 Å². The topological polar surface area (TPSA) is 30.7 Å². The number of hydrogen-bond acceptors (Lipinski definition) is 3. The summed E-state index contributed by atoms with van der Waals surface area (Å²) in [6, 6.07) is 43.6. The highest BCUT2D eigenvalue weighted by molar-refractivity contribution is 7.25. The standard InChI is InChI=1S/C37H27N3S/c1-23(2)40-31-14-8-6-12-28(31)30-22-27(20-21-32(30)40)36-38-35(34-29-13-7-9-15-33(29)41-37(34)39-36)26-18-16-25(17-19-26)24-10-4-3-5-11-24/h3-23H,1-2H3. The summed E-state index contributed by atoms with van der Waals surface area (Å²) in [5.74, 6) is 0.759. The fourth-order valence-electron chi connectivity index (χ4n) is 6.11. The van der Waals surface area contributed by atoms with E-state index in [2.05, 4.69) is 140 Å². The number of fused-ring (bicyclic) bond motifs is 6. The molecule has 0 saturated heterocycles. The zero-order chi connectivity index (χ0) is 27.5. The minimum absolute atomic E-state index is 0.361. The van der Waals surface area contributed by atoms with E-state index in [-0.39, 0.29) is 0 Å². The quantitative estimate of drug-likeness (QED) is 0.220. The molecule has 5 aromatic carbocycles. The van der Waals surface area contributed by atoms with Crippen LogP contribution in [-0.2, 0) is 0 Å². The van der Waals surface area contributed by atoms with Crippen LogP contribution >= 0.6 is 11.3 Å². The van der Waals surface area contributed by atoms with E-state index in [4.69, 9.17) is 9.97 Å². The van der Waals surface area contributed by atoms with Crippen LogP contribution in [0.25, 0.3) is 75.9 Å². The maximum absolute atomic E-state index is 5.28. The maximum Gasteiger partial charge on any atom is 0.161 e. The van der Waals surface area contributed by atoms with E-state index in [0.717, 1.165) is 32.9 Å². The summed E-state index contributed by atoms with van der Waals surface area (Å²) in [6.07, 6.45) is 0. The summed E-state index contributed by atoms with van der Waals surface area (Å²) in [6.45, 7) is 4.49. The van der Waals surface area contributed by atoms with Crippen LogP contribution in [0.4, 0.5) is 0 Å². The molecule has 0 saturated carbocycles. The monoisotopic (exact) mass is 545 g/mol. The third-order valence-corrected chi connectivity index (χ3v) is 9.05. The number of nitrogens with zero attached hydrogens (tertiary/aromatic N) is 3. The van der Waals surface area contributed by atoms with Crippen LogP contribution in [0.2, 0.25) is 0 Å². The Morgan fingerprint density at radius 1 is 0.561 bits per heavy atom. The molecule has 0 aliphatic carbocycles. The Labute approximate surface area is 242 Å². The van der Waals surface area contributed by atoms with Gasteiger partial charge in [-0.3, -0.25) is 0 Å². The van der Waals surface area contributed by atoms with E-state index in [1.165, 1.54) is 43.0 Å². The van der Waals surface area contributed by atoms with Gasteiger partial charge in [0.25, 0.3) is 0 Å². The highest BCUT2D eigenvalue weighted by Crippen LogP contribution is 2.41. The van der Waals surface area contributed by atoms with Gasteiger partial charge in [-0.25, -0.2) is 9.97 Å². The highest BCUT2D eigenvalue weighted by atomic mass is 32.1. The van der Waals surface area contributed by atoms with Crippen molar-refractivity contribution in [1.82, 2.24) is 14.5 Å². The van der Waals surface area contributed by atoms with E-state index < -0.39 is 0 Å². The van der Waals surface area contributed by atoms with Crippen molar-refractivity contribution in [3.63, 3.8) is 0 Å². The third kappa shape index (κ3) is 3.86. The van der Waals surface area contributed by atoms with E-state index in [9.17, 15) is 0 Å². The van der Waals surface area contributed by atoms with Gasteiger partial charge in [0.15, 0.2) is 5.82 Å². The normalized spacial score (nSPS) is 11.9. The lowest BCUT2D eigenvalue weighted by Crippen LogP contribution is -1.99. The van der Waals surface area contributed by atoms with Gasteiger partial charge in [0, 0.05) is 54.4 Å². The molecule has 0 radical (unpaired) electrons. The lowest BCUT2D eigenvalue weighted by atomic mass is 10.0. The predicted molar refractivity (Wildman–Crippen MR) is 175 cm³/mol. The van der Waals surface area contributed by atoms with Crippen LogP contribution in [0.15, 0.2) is 121 Å². The number of aromatic nitrogens is 3. The molecular weight excluding hydrogens is 518 g/mol. The zero-order valence-corrected chi connectivity index (χ0v) is 23.7. The van der Waals surface area contributed by atoms with Gasteiger partial charge in [-0.15, -0.1) is 11.3 Å². The molecule has 3 nitrogen and oxygen atoms in total. The Morgan fingerprint density at radius 3 is 2.00 bits per heavy atom. The van der Waals surface area contributed by atoms with Crippen LogP contribution < -0.4 is 0 Å². The fraction of sp³-hybridized carbons (Fsp3) is 0.0811. The maximum atomic E-state index is 5.28. The first-order chi connectivity index (χ1) is 20.2. The van der Waals surface area contributed by atoms with E-state index >= 15 is 0 Å². The van der Waals surface area contributed by atoms with Crippen molar-refractivity contribution < 1.29 is 0 Å². The van der Waals surface area contributed by atoms with Crippen molar-refractivity contribution in [2.24, 2.45) is 0 Å². The molecule has 4 heteroatoms. The molecule has 0 aliphatic rings. The van der Waals surface area contributed by atoms with Crippen LogP contribution in [0.5, 0.6) is 0 Å². The van der Waals surface area contributed by atoms with Gasteiger partial charge in [0.1, 0.15) is 4.83 Å². The molecule has 3 heterocycles. The van der Waals surface area contributed by atoms with Crippen LogP contribution in [0, 0.1) is 0 Å². The largest absolute Gasteiger partial charge is 0.338 e. The Bertz CT molecular complexity index is 2220. The van der Waals surface area contributed by atoms with E-state index in [1.807, 2.05) is 0 Å². The number of hydrogen-bond donors (Lipinski definition) is 0. The van der Waals surface area contributed by atoms with Crippen LogP contribution in [-0.4, -0.2) is 14.5 Å². The van der Waals surface area contributed by atoms with Crippen molar-refractivity contribution in [2.75, 3.05) is 0 Å². The third-order valence-electron chi connectivity index (χ3n) is 7.99. The van der Waals surface area contributed by atoms with Gasteiger partial charge >= 0.3 is 0 Å². The molecule has 0 unspecified atom stereocenters. The molecule has 0 spiro atoms. The number of thiophene rings is 1. The summed E-state index contributed by atoms with van der Waals surface area (Å²) < 4.78 is 3.65. The molecule has 0 amide bonds. The molecule has 0 bridgehead atoms. The molecule has 0 fully saturated rings. The van der Waals surface area contributed by atoms with Crippen molar-refractivity contribution >= 4 is 53.4 Å². The van der Waals surface area contributed by atoms with Gasteiger partial charge in [0.2, 0.25) is 0 Å². The Morgan fingerprint density at radius 2 is 1.20 bits per heavy atom. The van der Waals surface area contributed by atoms with Crippen molar-refractivity contribution in [2.45, 2.75) is 19.9 Å². The van der Waals surface area contributed by atoms with Gasteiger partial charge in [-0.05, 0) is 55.3 Å². The van der Waals surface area contributed by atoms with E-state index in [1.54, 1.807) is 11.3 Å². The molecule has 196 valence electrons. The molecule has 0 N–H and O–H groups in total. The van der Waals surface area contributed by atoms with E-state index in [0.29, 0.717) is 6.04 Å². The number of para-hydroxylation sites is 1. The number of benzene rings is 5. The van der Waals surface area contributed by atoms with Gasteiger partial charge < -0.3 is 4.57 Å². The molecule has 41 heavy (non-hydrogen) atoms. The fourth-order valence-corrected chi connectivity index (χ4v) is 7.19. The smallest absolute Gasteiger partial charge is 0.161 e. The molecular formula is C37H27N3S. The summed E-state index contributed by atoms with van der Waals surface area (Å²) >= 11 is 1.74. The number of rotatable bonds is 4. The SMILES string of the molecule is CC(C)n1c2ccccc2c2cc(-c3nc(-c4ccc(-c5ccccc5)cc4)c4c(n3)sc3ccccc34)ccc21. The second-order valence-corrected chi connectivity index (χ2v) is 11.9. The second kappa shape index (κ2) is 9.39. The molecule has 0 atom stereocenters. The van der Waals surface area contributed by atoms with Crippen molar-refractivity contribution in [3.8, 4) is 33.8 Å². The first-order valence-corrected chi connectivity index (χ1v) is 14.9. The average molecular weight is 546 g/mol. The molecule has 0 aliphatic heterocycles. The average Bonchev–Trinajstić information content (AvgIpc) is 3.56. The summed E-state index contributed by atoms with van der Waals surface area (Å²) in [5.41, 5.74) is 8.01. The highest BCUT2D eigenvalue weighted by Gasteiger charge is 2.18. The lowest BCUT2D eigenvalue weighted by Gasteiger charge is -2.12. The van der Waals surface area contributed by atoms with Crippen LogP contribution in [0.1, 0.15) is 19.9 Å². The van der Waals surface area contributed by atoms with Gasteiger partial charge in [-0.2, -0.15) is 0 Å². The van der Waals surface area contributed by atoms with Gasteiger partial charge in [-0.1, -0.05) is 91.0 Å². The first-order valence-electron chi connectivity index (χ1n) is 14.0. The minimum Gasteiger partial charge on any atom is -0.338 e. The summed E-state index contributed by atoms with van der Waals surface area (Å²) in [4.78, 5) is 11.5. The molecule has 8 rings (SSSR count). The summed E-state index contributed by atoms with van der Waals surface area (Å²) in [5, 5.41) is 4.83. The minimum atomic E-state index is 0.361. The first kappa shape index (κ1) is 24.0. The second-order valence-electron chi connectivity index (χ2n) is 10.8. The Kier molecular flexibility index (Phi) is 5.51. The van der Waals surface area contributed by atoms with Crippen molar-refractivity contribution in [3.05, 3.63) is 121 Å². The molecule has 8 aromatic rings. The van der Waals surface area contributed by atoms with Crippen LogP contribution in [0.3, 0.4) is 0 Å². The Balaban J connectivity index is 1.35.